The molecule has 1 aromatic heterocycles. The summed E-state index contributed by atoms with van der Waals surface area (Å²) in [5.74, 6) is -2.86. The third kappa shape index (κ3) is 7.28. The fourth-order valence-corrected chi connectivity index (χ4v) is 7.85. The topological polar surface area (TPSA) is 205 Å². The number of hydrogen-bond acceptors (Lipinski definition) is 14. The van der Waals surface area contributed by atoms with Crippen LogP contribution in [0.5, 0.6) is 0 Å². The minimum Gasteiger partial charge on any atom is -0.614 e. The van der Waals surface area contributed by atoms with Crippen molar-refractivity contribution in [3.05, 3.63) is 88.9 Å². The van der Waals surface area contributed by atoms with E-state index in [-0.39, 0.29) is 33.7 Å². The molecule has 0 spiro atoms. The molecular formula is C32H34N8O8S2. The number of amides is 3. The molecule has 2 unspecified atom stereocenters. The van der Waals surface area contributed by atoms with Gasteiger partial charge in [-0.15, -0.1) is 0 Å². The summed E-state index contributed by atoms with van der Waals surface area (Å²) in [6.45, 7) is 1.84. The van der Waals surface area contributed by atoms with Crippen LogP contribution >= 0.6 is 11.5 Å². The number of fused-ring (bicyclic) bond motifs is 1. The molecule has 2 saturated heterocycles. The van der Waals surface area contributed by atoms with Gasteiger partial charge in [0.15, 0.2) is 17.3 Å². The minimum absolute atomic E-state index is 0.0781. The SMILES string of the molecule is CON=C(C(=O)NC1C(=O)N2C(C(=O)OC(c3ccccc3)c3ccccc3)=C(COC(=O)N3CCN(C)CC3)C[S+]([O-])[C@@H]12)c1nsc(N)n1. The van der Waals surface area contributed by atoms with Crippen LogP contribution in [-0.2, 0) is 39.9 Å². The summed E-state index contributed by atoms with van der Waals surface area (Å²) in [5, 5.41) is 5.15. The average molecular weight is 723 g/mol. The lowest BCUT2D eigenvalue weighted by Gasteiger charge is -2.49. The molecule has 2 aromatic carbocycles. The van der Waals surface area contributed by atoms with Gasteiger partial charge in [0, 0.05) is 43.3 Å². The monoisotopic (exact) mass is 722 g/mol. The summed E-state index contributed by atoms with van der Waals surface area (Å²) in [7, 11) is 3.17. The summed E-state index contributed by atoms with van der Waals surface area (Å²) >= 11 is -1.00. The molecule has 0 saturated carbocycles. The van der Waals surface area contributed by atoms with Gasteiger partial charge in [-0.25, -0.2) is 9.59 Å². The molecule has 3 aliphatic rings. The fourth-order valence-electron chi connectivity index (χ4n) is 5.74. The number of benzene rings is 2. The summed E-state index contributed by atoms with van der Waals surface area (Å²) in [4.78, 5) is 67.7. The van der Waals surface area contributed by atoms with E-state index in [9.17, 15) is 23.7 Å². The standard InChI is InChI=1S/C32H34N8O8S2/c1-38-13-15-39(16-14-38)32(44)47-17-21-18-50(45)29-23(34-27(41)22(36-46-2)26-35-31(33)49-37-26)28(42)40(29)24(21)30(43)48-25(19-9-5-3-6-10-19)20-11-7-4-8-12-20/h3-12,23,25,29H,13-18H2,1-2H3,(H,34,41)(H2,33,35,37)/t23?,29-,50?/m0/s1. The van der Waals surface area contributed by atoms with Gasteiger partial charge < -0.3 is 39.7 Å². The molecule has 262 valence electrons. The first-order valence-corrected chi connectivity index (χ1v) is 17.7. The van der Waals surface area contributed by atoms with Crippen molar-refractivity contribution in [3.63, 3.8) is 0 Å². The highest BCUT2D eigenvalue weighted by Crippen LogP contribution is 2.39. The van der Waals surface area contributed by atoms with Crippen LogP contribution in [0.1, 0.15) is 23.1 Å². The molecule has 6 rings (SSSR count). The number of ether oxygens (including phenoxy) is 2. The van der Waals surface area contributed by atoms with Crippen molar-refractivity contribution in [2.75, 3.05) is 58.4 Å². The van der Waals surface area contributed by atoms with Gasteiger partial charge in [-0.05, 0) is 29.4 Å². The van der Waals surface area contributed by atoms with E-state index in [1.165, 1.54) is 7.11 Å². The zero-order valence-corrected chi connectivity index (χ0v) is 28.7. The molecule has 50 heavy (non-hydrogen) atoms. The second kappa shape index (κ2) is 15.2. The molecule has 3 aliphatic heterocycles. The van der Waals surface area contributed by atoms with Gasteiger partial charge in [-0.3, -0.25) is 14.5 Å². The Morgan fingerprint density at radius 2 is 1.72 bits per heavy atom. The quantitative estimate of drug-likeness (QED) is 0.0983. The maximum Gasteiger partial charge on any atom is 0.410 e. The highest BCUT2D eigenvalue weighted by atomic mass is 32.2. The Labute approximate surface area is 294 Å². The van der Waals surface area contributed by atoms with Gasteiger partial charge in [0.2, 0.25) is 16.9 Å². The molecule has 0 radical (unpaired) electrons. The second-order valence-electron chi connectivity index (χ2n) is 11.6. The van der Waals surface area contributed by atoms with E-state index in [2.05, 4.69) is 24.7 Å². The highest BCUT2D eigenvalue weighted by Gasteiger charge is 2.61. The van der Waals surface area contributed by atoms with Crippen LogP contribution in [0.15, 0.2) is 77.1 Å². The molecule has 16 nitrogen and oxygen atoms in total. The van der Waals surface area contributed by atoms with Gasteiger partial charge in [0.05, 0.1) is 0 Å². The third-order valence-electron chi connectivity index (χ3n) is 8.30. The predicted octanol–water partition coefficient (Wildman–Crippen LogP) is 0.857. The van der Waals surface area contributed by atoms with Crippen LogP contribution in [0.2, 0.25) is 0 Å². The number of likely N-dealkylation sites (N-methyl/N-ethyl adjacent to an activating group) is 1. The van der Waals surface area contributed by atoms with Gasteiger partial charge in [0.25, 0.3) is 11.8 Å². The summed E-state index contributed by atoms with van der Waals surface area (Å²) in [6, 6.07) is 16.8. The molecule has 3 amide bonds. The fraction of sp³-hybridized carbons (Fsp3) is 0.344. The zero-order chi connectivity index (χ0) is 35.4. The third-order valence-corrected chi connectivity index (χ3v) is 10.5. The Morgan fingerprint density at radius 1 is 1.08 bits per heavy atom. The molecule has 2 fully saturated rings. The number of anilines is 1. The van der Waals surface area contributed by atoms with Crippen LogP contribution in [0.3, 0.4) is 0 Å². The number of oxime groups is 1. The number of β-lactam (4-membered cyclic amide) rings is 1. The van der Waals surface area contributed by atoms with E-state index in [4.69, 9.17) is 20.0 Å². The van der Waals surface area contributed by atoms with Crippen molar-refractivity contribution in [1.29, 1.82) is 0 Å². The van der Waals surface area contributed by atoms with Crippen LogP contribution in [0, 0.1) is 0 Å². The number of nitrogens with zero attached hydrogens (tertiary/aromatic N) is 6. The maximum absolute atomic E-state index is 14.2. The predicted molar refractivity (Wildman–Crippen MR) is 182 cm³/mol. The van der Waals surface area contributed by atoms with Gasteiger partial charge >= 0.3 is 12.1 Å². The largest absolute Gasteiger partial charge is 0.614 e. The van der Waals surface area contributed by atoms with E-state index in [1.807, 2.05) is 43.4 Å². The second-order valence-corrected chi connectivity index (χ2v) is 13.9. The van der Waals surface area contributed by atoms with Crippen LogP contribution < -0.4 is 11.1 Å². The number of nitrogens with one attached hydrogen (secondary N) is 1. The van der Waals surface area contributed by atoms with Crippen molar-refractivity contribution in [1.82, 2.24) is 29.4 Å². The minimum atomic E-state index is -1.84. The van der Waals surface area contributed by atoms with Crippen LogP contribution in [0.25, 0.3) is 0 Å². The first kappa shape index (κ1) is 34.8. The number of hydrogen-bond donors (Lipinski definition) is 2. The summed E-state index contributed by atoms with van der Waals surface area (Å²) in [6.07, 6.45) is -1.46. The van der Waals surface area contributed by atoms with E-state index in [0.29, 0.717) is 37.3 Å². The first-order valence-electron chi connectivity index (χ1n) is 15.5. The highest BCUT2D eigenvalue weighted by molar-refractivity contribution is 7.92. The van der Waals surface area contributed by atoms with E-state index >= 15 is 0 Å². The van der Waals surface area contributed by atoms with E-state index in [0.717, 1.165) is 16.4 Å². The van der Waals surface area contributed by atoms with Crippen LogP contribution in [0.4, 0.5) is 9.93 Å². The molecule has 3 aromatic rings. The first-order chi connectivity index (χ1) is 24.2. The molecule has 3 atom stereocenters. The number of carbonyl (C=O) groups is 4. The molecule has 0 bridgehead atoms. The van der Waals surface area contributed by atoms with Crippen molar-refractivity contribution in [2.24, 2.45) is 5.16 Å². The molecular weight excluding hydrogens is 689 g/mol. The Kier molecular flexibility index (Phi) is 10.6. The number of nitrogen functional groups attached to an aromatic ring is 1. The van der Waals surface area contributed by atoms with Crippen molar-refractivity contribution in [3.8, 4) is 0 Å². The smallest absolute Gasteiger partial charge is 0.410 e. The molecule has 3 N–H and O–H groups in total. The van der Waals surface area contributed by atoms with Gasteiger partial charge in [0.1, 0.15) is 25.2 Å². The van der Waals surface area contributed by atoms with Crippen molar-refractivity contribution >= 4 is 57.4 Å². The Bertz CT molecular complexity index is 1760. The summed E-state index contributed by atoms with van der Waals surface area (Å²) in [5.41, 5.74) is 6.61. The number of rotatable bonds is 10. The van der Waals surface area contributed by atoms with Crippen LogP contribution in [-0.4, -0.2) is 122 Å². The Hall–Kier alpha value is -5.04. The lowest BCUT2D eigenvalue weighted by Crippen LogP contribution is -2.75. The Balaban J connectivity index is 1.29. The zero-order valence-electron chi connectivity index (χ0n) is 27.1. The van der Waals surface area contributed by atoms with Gasteiger partial charge in [-0.1, -0.05) is 65.8 Å². The lowest BCUT2D eigenvalue weighted by atomic mass is 10.0. The normalized spacial score (nSPS) is 21.0. The number of aromatic nitrogens is 2. The molecule has 18 heteroatoms. The lowest BCUT2D eigenvalue weighted by molar-refractivity contribution is -0.154. The number of esters is 1. The number of nitrogens with two attached hydrogens (primary N) is 1. The van der Waals surface area contributed by atoms with E-state index < -0.39 is 59.2 Å². The van der Waals surface area contributed by atoms with Gasteiger partial charge in [-0.2, -0.15) is 9.36 Å². The van der Waals surface area contributed by atoms with Crippen molar-refractivity contribution < 1.29 is 38.0 Å². The summed E-state index contributed by atoms with van der Waals surface area (Å²) < 4.78 is 29.4. The number of piperazine rings is 1. The Morgan fingerprint density at radius 3 is 2.30 bits per heavy atom. The van der Waals surface area contributed by atoms with Crippen molar-refractivity contribution in [2.45, 2.75) is 17.5 Å². The average Bonchev–Trinajstić information content (AvgIpc) is 3.56. The maximum atomic E-state index is 14.2. The molecule has 4 heterocycles. The molecule has 0 aliphatic carbocycles. The van der Waals surface area contributed by atoms with E-state index in [1.54, 1.807) is 29.2 Å². The number of carbonyl (C=O) groups excluding carboxylic acids is 4.